The number of carbonyl (C=O) groups excluding carboxylic acids is 1. The van der Waals surface area contributed by atoms with Crippen molar-refractivity contribution in [3.8, 4) is 0 Å². The molecule has 1 fully saturated rings. The van der Waals surface area contributed by atoms with E-state index in [4.69, 9.17) is 4.74 Å². The average Bonchev–Trinajstić information content (AvgIpc) is 2.08. The Labute approximate surface area is 85.6 Å². The third-order valence-electron chi connectivity index (χ3n) is 2.54. The van der Waals surface area contributed by atoms with Crippen LogP contribution in [0.4, 0.5) is 0 Å². The Morgan fingerprint density at radius 3 is 2.64 bits per heavy atom. The normalized spacial score (nSPS) is 25.6. The standard InChI is InChI=1S/C10H20N2O2/c1-4-14-9-5-8(6-9)11-7-10(13)12(2)3/h8-9,11H,4-7H2,1-3H3. The summed E-state index contributed by atoms with van der Waals surface area (Å²) in [5, 5.41) is 3.22. The number of likely N-dealkylation sites (N-methyl/N-ethyl adjacent to an activating group) is 1. The summed E-state index contributed by atoms with van der Waals surface area (Å²) >= 11 is 0. The summed E-state index contributed by atoms with van der Waals surface area (Å²) in [6, 6.07) is 0.468. The summed E-state index contributed by atoms with van der Waals surface area (Å²) < 4.78 is 5.43. The molecular weight excluding hydrogens is 180 g/mol. The smallest absolute Gasteiger partial charge is 0.236 e. The van der Waals surface area contributed by atoms with Crippen molar-refractivity contribution < 1.29 is 9.53 Å². The monoisotopic (exact) mass is 200 g/mol. The van der Waals surface area contributed by atoms with Crippen LogP contribution in [0, 0.1) is 0 Å². The van der Waals surface area contributed by atoms with Gasteiger partial charge in [-0.15, -0.1) is 0 Å². The van der Waals surface area contributed by atoms with Gasteiger partial charge in [-0.1, -0.05) is 0 Å². The van der Waals surface area contributed by atoms with Crippen LogP contribution in [0.1, 0.15) is 19.8 Å². The van der Waals surface area contributed by atoms with Gasteiger partial charge in [0.1, 0.15) is 0 Å². The van der Waals surface area contributed by atoms with E-state index in [0.29, 0.717) is 18.7 Å². The molecule has 0 unspecified atom stereocenters. The zero-order chi connectivity index (χ0) is 10.6. The number of hydrogen-bond acceptors (Lipinski definition) is 3. The first-order valence-electron chi connectivity index (χ1n) is 5.18. The molecule has 1 amide bonds. The average molecular weight is 200 g/mol. The quantitative estimate of drug-likeness (QED) is 0.691. The molecule has 0 aromatic heterocycles. The Morgan fingerprint density at radius 1 is 1.50 bits per heavy atom. The molecule has 0 atom stereocenters. The predicted octanol–water partition coefficient (Wildman–Crippen LogP) is 0.232. The molecule has 0 radical (unpaired) electrons. The highest BCUT2D eigenvalue weighted by Crippen LogP contribution is 2.22. The van der Waals surface area contributed by atoms with Gasteiger partial charge in [0.05, 0.1) is 12.6 Å². The molecule has 4 nitrogen and oxygen atoms in total. The zero-order valence-electron chi connectivity index (χ0n) is 9.25. The predicted molar refractivity (Wildman–Crippen MR) is 55.1 cm³/mol. The molecular formula is C10H20N2O2. The fourth-order valence-corrected chi connectivity index (χ4v) is 1.49. The molecule has 1 aliphatic rings. The minimum Gasteiger partial charge on any atom is -0.378 e. The molecule has 1 rings (SSSR count). The summed E-state index contributed by atoms with van der Waals surface area (Å²) in [5.74, 6) is 0.129. The largest absolute Gasteiger partial charge is 0.378 e. The fraction of sp³-hybridized carbons (Fsp3) is 0.900. The summed E-state index contributed by atoms with van der Waals surface area (Å²) in [6.45, 7) is 3.24. The van der Waals surface area contributed by atoms with Gasteiger partial charge in [0.2, 0.25) is 5.91 Å². The number of carbonyl (C=O) groups is 1. The zero-order valence-corrected chi connectivity index (χ0v) is 9.25. The van der Waals surface area contributed by atoms with E-state index in [1.54, 1.807) is 19.0 Å². The van der Waals surface area contributed by atoms with E-state index >= 15 is 0 Å². The lowest BCUT2D eigenvalue weighted by Gasteiger charge is -2.35. The van der Waals surface area contributed by atoms with Gasteiger partial charge in [-0.05, 0) is 19.8 Å². The fourth-order valence-electron chi connectivity index (χ4n) is 1.49. The maximum atomic E-state index is 11.2. The van der Waals surface area contributed by atoms with E-state index in [2.05, 4.69) is 5.32 Å². The molecule has 14 heavy (non-hydrogen) atoms. The third kappa shape index (κ3) is 3.27. The van der Waals surface area contributed by atoms with Gasteiger partial charge in [0, 0.05) is 26.7 Å². The second-order valence-corrected chi connectivity index (χ2v) is 3.91. The molecule has 0 aromatic carbocycles. The molecule has 0 heterocycles. The van der Waals surface area contributed by atoms with Crippen LogP contribution in [-0.4, -0.2) is 50.2 Å². The lowest BCUT2D eigenvalue weighted by molar-refractivity contribution is -0.128. The highest BCUT2D eigenvalue weighted by molar-refractivity contribution is 5.77. The Morgan fingerprint density at radius 2 is 2.14 bits per heavy atom. The van der Waals surface area contributed by atoms with E-state index < -0.39 is 0 Å². The van der Waals surface area contributed by atoms with Crippen LogP contribution in [0.15, 0.2) is 0 Å². The van der Waals surface area contributed by atoms with Gasteiger partial charge in [0.15, 0.2) is 0 Å². The second-order valence-electron chi connectivity index (χ2n) is 3.91. The third-order valence-corrected chi connectivity index (χ3v) is 2.54. The van der Waals surface area contributed by atoms with E-state index in [9.17, 15) is 4.79 Å². The Kier molecular flexibility index (Phi) is 4.35. The SMILES string of the molecule is CCOC1CC(NCC(=O)N(C)C)C1. The number of amides is 1. The Balaban J connectivity index is 2.03. The van der Waals surface area contributed by atoms with Gasteiger partial charge in [-0.25, -0.2) is 0 Å². The van der Waals surface area contributed by atoms with Crippen LogP contribution in [0.25, 0.3) is 0 Å². The molecule has 1 aliphatic carbocycles. The van der Waals surface area contributed by atoms with E-state index in [0.717, 1.165) is 19.4 Å². The minimum absolute atomic E-state index is 0.129. The molecule has 82 valence electrons. The Bertz CT molecular complexity index is 189. The van der Waals surface area contributed by atoms with Gasteiger partial charge in [-0.2, -0.15) is 0 Å². The summed E-state index contributed by atoms with van der Waals surface area (Å²) in [6.07, 6.45) is 2.48. The molecule has 1 saturated carbocycles. The van der Waals surface area contributed by atoms with Crippen LogP contribution >= 0.6 is 0 Å². The lowest BCUT2D eigenvalue weighted by Crippen LogP contribution is -2.48. The molecule has 1 N–H and O–H groups in total. The molecule has 0 aliphatic heterocycles. The van der Waals surface area contributed by atoms with Crippen molar-refractivity contribution in [2.75, 3.05) is 27.2 Å². The molecule has 0 aromatic rings. The number of nitrogens with one attached hydrogen (secondary N) is 1. The van der Waals surface area contributed by atoms with E-state index in [1.165, 1.54) is 0 Å². The summed E-state index contributed by atoms with van der Waals surface area (Å²) in [5.41, 5.74) is 0. The summed E-state index contributed by atoms with van der Waals surface area (Å²) in [4.78, 5) is 12.8. The van der Waals surface area contributed by atoms with Gasteiger partial charge >= 0.3 is 0 Å². The maximum absolute atomic E-state index is 11.2. The first-order valence-corrected chi connectivity index (χ1v) is 5.18. The van der Waals surface area contributed by atoms with Crippen molar-refractivity contribution in [2.24, 2.45) is 0 Å². The van der Waals surface area contributed by atoms with Crippen molar-refractivity contribution in [2.45, 2.75) is 31.9 Å². The van der Waals surface area contributed by atoms with Crippen molar-refractivity contribution in [3.05, 3.63) is 0 Å². The topological polar surface area (TPSA) is 41.6 Å². The first kappa shape index (κ1) is 11.5. The number of ether oxygens (including phenoxy) is 1. The van der Waals surface area contributed by atoms with Gasteiger partial charge in [0.25, 0.3) is 0 Å². The molecule has 0 bridgehead atoms. The van der Waals surface area contributed by atoms with Gasteiger partial charge in [-0.3, -0.25) is 4.79 Å². The van der Waals surface area contributed by atoms with Crippen LogP contribution in [0.2, 0.25) is 0 Å². The number of rotatable bonds is 5. The highest BCUT2D eigenvalue weighted by atomic mass is 16.5. The van der Waals surface area contributed by atoms with E-state index in [-0.39, 0.29) is 5.91 Å². The highest BCUT2D eigenvalue weighted by Gasteiger charge is 2.29. The first-order chi connectivity index (χ1) is 6.63. The molecule has 0 spiro atoms. The maximum Gasteiger partial charge on any atom is 0.236 e. The van der Waals surface area contributed by atoms with Crippen molar-refractivity contribution >= 4 is 5.91 Å². The minimum atomic E-state index is 0.129. The molecule has 0 saturated heterocycles. The van der Waals surface area contributed by atoms with E-state index in [1.807, 2.05) is 6.92 Å². The van der Waals surface area contributed by atoms with Crippen molar-refractivity contribution in [1.82, 2.24) is 10.2 Å². The number of nitrogens with zero attached hydrogens (tertiary/aromatic N) is 1. The van der Waals surface area contributed by atoms with Crippen LogP contribution in [0.3, 0.4) is 0 Å². The lowest BCUT2D eigenvalue weighted by atomic mass is 9.89. The van der Waals surface area contributed by atoms with Crippen LogP contribution in [-0.2, 0) is 9.53 Å². The second kappa shape index (κ2) is 5.32. The molecule has 4 heteroatoms. The van der Waals surface area contributed by atoms with Crippen LogP contribution in [0.5, 0.6) is 0 Å². The van der Waals surface area contributed by atoms with Gasteiger partial charge < -0.3 is 15.0 Å². The van der Waals surface area contributed by atoms with Crippen molar-refractivity contribution in [3.63, 3.8) is 0 Å². The Hall–Kier alpha value is -0.610. The number of hydrogen-bond donors (Lipinski definition) is 1. The van der Waals surface area contributed by atoms with Crippen LogP contribution < -0.4 is 5.32 Å². The summed E-state index contributed by atoms with van der Waals surface area (Å²) in [7, 11) is 3.54. The van der Waals surface area contributed by atoms with Crippen molar-refractivity contribution in [1.29, 1.82) is 0 Å².